The Kier molecular flexibility index (Phi) is 25.3. The van der Waals surface area contributed by atoms with E-state index in [4.69, 9.17) is 0 Å². The molecule has 150 heavy (non-hydrogen) atoms. The van der Waals surface area contributed by atoms with Gasteiger partial charge in [-0.15, -0.1) is 0 Å². The fourth-order valence-electron chi connectivity index (χ4n) is 21.5. The van der Waals surface area contributed by atoms with Gasteiger partial charge in [-0.05, 0) is 300 Å². The van der Waals surface area contributed by atoms with Gasteiger partial charge in [-0.3, -0.25) is 0 Å². The second-order valence-corrected chi connectivity index (χ2v) is 38.1. The normalized spacial score (nSPS) is 11.2. The van der Waals surface area contributed by atoms with Crippen LogP contribution < -0.4 is 16.0 Å². The molecular weight excluding hydrogens is 1820 g/mol. The van der Waals surface area contributed by atoms with Crippen LogP contribution >= 0.6 is 0 Å². The lowest BCUT2D eigenvalue weighted by Gasteiger charge is -2.13. The zero-order valence-corrected chi connectivity index (χ0v) is 82.6. The number of hydrogen-bond acceptors (Lipinski definition) is 3. The maximum atomic E-state index is 3.50. The molecule has 0 aliphatic carbocycles. The van der Waals surface area contributed by atoms with Crippen LogP contribution in [0.15, 0.2) is 595 Å². The molecule has 0 fully saturated rings. The molecule has 4 heterocycles. The molecule has 710 valence electrons. The number of fused-ring (bicyclic) bond motifs is 13. The molecule has 0 atom stereocenters. The van der Waals surface area contributed by atoms with Crippen molar-refractivity contribution in [3.63, 3.8) is 0 Å². The molecule has 0 saturated carbocycles. The Balaban J connectivity index is 0.000000104. The van der Waals surface area contributed by atoms with Gasteiger partial charge < -0.3 is 34.2 Å². The number of nitrogens with zero attached hydrogens (tertiary/aromatic N) is 4. The number of nitrogens with one attached hydrogen (secondary N) is 3. The fourth-order valence-corrected chi connectivity index (χ4v) is 21.5. The van der Waals surface area contributed by atoms with Crippen LogP contribution in [0.25, 0.3) is 199 Å². The van der Waals surface area contributed by atoms with Gasteiger partial charge in [0.2, 0.25) is 0 Å². The highest BCUT2D eigenvalue weighted by Gasteiger charge is 2.21. The summed E-state index contributed by atoms with van der Waals surface area (Å²) < 4.78 is 9.43. The van der Waals surface area contributed by atoms with E-state index in [0.29, 0.717) is 0 Å². The van der Waals surface area contributed by atoms with Crippen molar-refractivity contribution < 1.29 is 0 Å². The Hall–Kier alpha value is -19.9. The molecule has 0 radical (unpaired) electrons. The summed E-state index contributed by atoms with van der Waals surface area (Å²) in [6.45, 7) is 0. The third-order valence-corrected chi connectivity index (χ3v) is 28.8. The number of hydrogen-bond donors (Lipinski definition) is 3. The van der Waals surface area contributed by atoms with Gasteiger partial charge in [0.1, 0.15) is 0 Å². The quantitative estimate of drug-likeness (QED) is 0.0756. The van der Waals surface area contributed by atoms with Crippen LogP contribution in [0.3, 0.4) is 0 Å². The minimum Gasteiger partial charge on any atom is -0.356 e. The van der Waals surface area contributed by atoms with Crippen molar-refractivity contribution in [3.05, 3.63) is 606 Å². The summed E-state index contributed by atoms with van der Waals surface area (Å²) in [6.07, 6.45) is 0.936. The summed E-state index contributed by atoms with van der Waals surface area (Å²) in [4.78, 5) is 0. The van der Waals surface area contributed by atoms with Gasteiger partial charge in [-0.1, -0.05) is 400 Å². The third kappa shape index (κ3) is 18.8. The summed E-state index contributed by atoms with van der Waals surface area (Å²) in [5, 5.41) is 23.2. The van der Waals surface area contributed by atoms with Crippen molar-refractivity contribution in [3.8, 4) is 101 Å². The molecule has 4 aromatic heterocycles. The third-order valence-electron chi connectivity index (χ3n) is 28.8. The summed E-state index contributed by atoms with van der Waals surface area (Å²) >= 11 is 0. The second kappa shape index (κ2) is 41.5. The predicted molar refractivity (Wildman–Crippen MR) is 637 cm³/mol. The van der Waals surface area contributed by atoms with Crippen molar-refractivity contribution >= 4 is 132 Å². The van der Waals surface area contributed by atoms with Crippen molar-refractivity contribution in [2.75, 3.05) is 16.0 Å². The van der Waals surface area contributed by atoms with Gasteiger partial charge in [-0.2, -0.15) is 0 Å². The van der Waals surface area contributed by atoms with E-state index in [1.807, 2.05) is 54.6 Å². The van der Waals surface area contributed by atoms with Crippen molar-refractivity contribution in [2.24, 2.45) is 0 Å². The van der Waals surface area contributed by atoms with E-state index in [-0.39, 0.29) is 0 Å². The van der Waals surface area contributed by atoms with Gasteiger partial charge in [0.05, 0.1) is 44.1 Å². The molecule has 0 spiro atoms. The number of anilines is 6. The smallest absolute Gasteiger partial charge is 0.0541 e. The number of benzene rings is 24. The molecule has 0 aliphatic heterocycles. The van der Waals surface area contributed by atoms with Crippen LogP contribution in [0, 0.1) is 0 Å². The monoisotopic (exact) mass is 1920 g/mol. The Bertz CT molecular complexity index is 9650. The van der Waals surface area contributed by atoms with Crippen LogP contribution in [0.2, 0.25) is 0 Å². The summed E-state index contributed by atoms with van der Waals surface area (Å²) in [5.41, 5.74) is 40.8. The largest absolute Gasteiger partial charge is 0.356 e. The lowest BCUT2D eigenvalue weighted by molar-refractivity contribution is 1.18. The maximum absolute atomic E-state index is 3.50. The second-order valence-electron chi connectivity index (χ2n) is 38.1. The van der Waals surface area contributed by atoms with Gasteiger partial charge in [0.15, 0.2) is 0 Å². The molecule has 0 bridgehead atoms. The molecule has 0 aliphatic rings. The molecular formula is C143H103N7. The standard InChI is InChI=1S/C42H30N2.C36H26N2.C35H25N.C30H22N2/c1-3-9-36(10-4-1)43-37-26-23-33(24-27-37)32-17-15-30(16-18-32)31-19-21-34(22-20-31)35-25-28-42-40(29-35)39-13-7-8-14-41(39)44(42)38-11-5-2-6-12-38;1-3-9-30(10-4-1)37-31-22-19-27(20-23-31)26-15-17-28(18-16-26)29-21-24-36-34(25-29)33-13-7-8-14-35(33)38(36)32-11-5-2-6-12-32;1-3-11-25(12-4-1)23-26-19-21-30(31-16-8-7-15-29(26)31)27-20-22-35-33(24-27)32-17-9-10-18-34(32)36(35)28-13-5-2-6-14-28;1-3-11-24(12-4-1)31-25-13-9-10-22(20-25)23-18-19-30-28(21-23)27-16-7-8-17-29(27)32(30)26-14-5-2-6-15-26/h1-29,43H;1-25,37H;1-22,24H,23H2;1-21,31H. The number of rotatable bonds is 19. The molecule has 7 nitrogen and oxygen atoms in total. The Morgan fingerprint density at radius 3 is 0.680 bits per heavy atom. The lowest BCUT2D eigenvalue weighted by Crippen LogP contribution is -1.93. The first-order chi connectivity index (χ1) is 74.4. The molecule has 28 aromatic rings. The summed E-state index contributed by atoms with van der Waals surface area (Å²) in [5.74, 6) is 0. The van der Waals surface area contributed by atoms with E-state index in [1.54, 1.807) is 0 Å². The van der Waals surface area contributed by atoms with E-state index < -0.39 is 0 Å². The van der Waals surface area contributed by atoms with E-state index in [2.05, 4.69) is 574 Å². The van der Waals surface area contributed by atoms with Gasteiger partial charge in [0.25, 0.3) is 0 Å². The van der Waals surface area contributed by atoms with E-state index >= 15 is 0 Å². The molecule has 0 saturated heterocycles. The molecule has 28 rings (SSSR count). The number of para-hydroxylation sites is 11. The highest BCUT2D eigenvalue weighted by Crippen LogP contribution is 2.44. The average Bonchev–Trinajstić information content (AvgIpc) is 1.59. The number of aromatic nitrogens is 4. The molecule has 7 heteroatoms. The van der Waals surface area contributed by atoms with Crippen LogP contribution in [0.5, 0.6) is 0 Å². The minimum atomic E-state index is 0.936. The van der Waals surface area contributed by atoms with Gasteiger partial charge >= 0.3 is 0 Å². The maximum Gasteiger partial charge on any atom is 0.0541 e. The topological polar surface area (TPSA) is 55.8 Å². The molecule has 24 aromatic carbocycles. The molecule has 3 N–H and O–H groups in total. The van der Waals surface area contributed by atoms with Gasteiger partial charge in [-0.25, -0.2) is 0 Å². The van der Waals surface area contributed by atoms with Crippen molar-refractivity contribution in [1.29, 1.82) is 0 Å². The van der Waals surface area contributed by atoms with Crippen molar-refractivity contribution in [1.82, 2.24) is 18.3 Å². The average molecular weight is 1920 g/mol. The van der Waals surface area contributed by atoms with Crippen LogP contribution in [0.1, 0.15) is 11.1 Å². The summed E-state index contributed by atoms with van der Waals surface area (Å²) in [6, 6.07) is 212. The van der Waals surface area contributed by atoms with Gasteiger partial charge in [0, 0.05) is 100.0 Å². The highest BCUT2D eigenvalue weighted by atomic mass is 15.0. The Labute approximate surface area is 872 Å². The van der Waals surface area contributed by atoms with Crippen molar-refractivity contribution in [2.45, 2.75) is 6.42 Å². The zero-order chi connectivity index (χ0) is 99.8. The minimum absolute atomic E-state index is 0.936. The first kappa shape index (κ1) is 91.3. The van der Waals surface area contributed by atoms with E-state index in [1.165, 1.54) is 210 Å². The first-order valence-corrected chi connectivity index (χ1v) is 51.4. The predicted octanol–water partition coefficient (Wildman–Crippen LogP) is 38.8. The summed E-state index contributed by atoms with van der Waals surface area (Å²) in [7, 11) is 0. The first-order valence-electron chi connectivity index (χ1n) is 51.4. The Morgan fingerprint density at radius 2 is 0.347 bits per heavy atom. The van der Waals surface area contributed by atoms with Crippen LogP contribution in [0.4, 0.5) is 34.1 Å². The SMILES string of the molecule is c1ccc(Cc2ccc(-c3ccc4c(c3)c3ccccc3n4-c3ccccc3)c3ccccc23)cc1.c1ccc(Nc2ccc(-c3ccc(-c4ccc(-c5ccc6c(c5)c5ccccc5n6-c5ccccc5)cc4)cc3)cc2)cc1.c1ccc(Nc2ccc(-c3ccc(-c4ccc5c(c4)c4ccccc4n5-c4ccccc4)cc3)cc2)cc1.c1ccc(Nc2cccc(-c3ccc4c(c3)c3ccccc3n4-c3ccccc3)c2)cc1. The fraction of sp³-hybridized carbons (Fsp3) is 0.00699. The van der Waals surface area contributed by atoms with Crippen LogP contribution in [-0.4, -0.2) is 18.3 Å². The highest BCUT2D eigenvalue weighted by molar-refractivity contribution is 6.15. The lowest BCUT2D eigenvalue weighted by atomic mass is 9.92. The molecule has 0 unspecified atom stereocenters. The Morgan fingerprint density at radius 1 is 0.127 bits per heavy atom. The van der Waals surface area contributed by atoms with Crippen LogP contribution in [-0.2, 0) is 6.42 Å². The molecule has 0 amide bonds. The van der Waals surface area contributed by atoms with E-state index in [9.17, 15) is 0 Å². The zero-order valence-electron chi connectivity index (χ0n) is 82.6. The van der Waals surface area contributed by atoms with E-state index in [0.717, 1.165) is 40.5 Å².